The summed E-state index contributed by atoms with van der Waals surface area (Å²) < 4.78 is 3.97. The highest BCUT2D eigenvalue weighted by Gasteiger charge is 2.19. The van der Waals surface area contributed by atoms with E-state index in [9.17, 15) is 9.59 Å². The lowest BCUT2D eigenvalue weighted by atomic mass is 9.93. The lowest BCUT2D eigenvalue weighted by Crippen LogP contribution is -2.19. The fraction of sp³-hybridized carbons (Fsp3) is 0.231. The van der Waals surface area contributed by atoms with E-state index in [2.05, 4.69) is 32.8 Å². The van der Waals surface area contributed by atoms with Crippen LogP contribution in [0.5, 0.6) is 0 Å². The van der Waals surface area contributed by atoms with Crippen molar-refractivity contribution in [3.8, 4) is 5.69 Å². The van der Waals surface area contributed by atoms with Crippen molar-refractivity contribution in [3.05, 3.63) is 97.1 Å². The summed E-state index contributed by atoms with van der Waals surface area (Å²) in [6.45, 7) is 1.69. The standard InChI is InChI=1S/C26H26N4O2/c1-20(25(31)12-6-21-2-8-23(9-3-21)29-16-14-27-18-29)26(32)13-7-22-4-10-24(11-5-22)30-17-15-28-19-30/h2-6,8-10,12,14-20,24H,7,11,13H2,1H3. The highest BCUT2D eigenvalue weighted by atomic mass is 16.1. The Bertz CT molecular complexity index is 1140. The van der Waals surface area contributed by atoms with Gasteiger partial charge in [-0.1, -0.05) is 42.0 Å². The molecule has 2 heterocycles. The maximum atomic E-state index is 12.5. The molecule has 6 heteroatoms. The molecule has 0 saturated heterocycles. The third kappa shape index (κ3) is 5.27. The summed E-state index contributed by atoms with van der Waals surface area (Å²) in [5, 5.41) is 0. The van der Waals surface area contributed by atoms with Crippen molar-refractivity contribution in [3.63, 3.8) is 0 Å². The van der Waals surface area contributed by atoms with Crippen LogP contribution in [-0.4, -0.2) is 30.7 Å². The highest BCUT2D eigenvalue weighted by molar-refractivity contribution is 6.08. The number of allylic oxidation sites excluding steroid dienone is 5. The molecule has 0 saturated carbocycles. The molecule has 2 aromatic heterocycles. The second-order valence-corrected chi connectivity index (χ2v) is 7.94. The number of nitrogens with zero attached hydrogens (tertiary/aromatic N) is 4. The summed E-state index contributed by atoms with van der Waals surface area (Å²) in [6.07, 6.45) is 22.4. The Morgan fingerprint density at radius 3 is 2.56 bits per heavy atom. The van der Waals surface area contributed by atoms with Crippen molar-refractivity contribution in [2.24, 2.45) is 5.92 Å². The van der Waals surface area contributed by atoms with Gasteiger partial charge in [-0.2, -0.15) is 0 Å². The van der Waals surface area contributed by atoms with Crippen LogP contribution in [0.25, 0.3) is 11.8 Å². The van der Waals surface area contributed by atoms with Gasteiger partial charge in [0.15, 0.2) is 5.78 Å². The molecule has 4 rings (SSSR count). The van der Waals surface area contributed by atoms with E-state index >= 15 is 0 Å². The molecule has 32 heavy (non-hydrogen) atoms. The summed E-state index contributed by atoms with van der Waals surface area (Å²) in [5.41, 5.74) is 3.05. The average molecular weight is 427 g/mol. The molecular formula is C26H26N4O2. The van der Waals surface area contributed by atoms with Crippen LogP contribution < -0.4 is 0 Å². The van der Waals surface area contributed by atoms with Gasteiger partial charge in [-0.25, -0.2) is 9.97 Å². The molecule has 1 aliphatic carbocycles. The van der Waals surface area contributed by atoms with E-state index in [4.69, 9.17) is 0 Å². The van der Waals surface area contributed by atoms with Gasteiger partial charge >= 0.3 is 0 Å². The van der Waals surface area contributed by atoms with E-state index in [1.54, 1.807) is 31.7 Å². The first-order valence-corrected chi connectivity index (χ1v) is 10.8. The maximum absolute atomic E-state index is 12.5. The van der Waals surface area contributed by atoms with Crippen LogP contribution in [0.15, 0.2) is 91.6 Å². The quantitative estimate of drug-likeness (QED) is 0.365. The van der Waals surface area contributed by atoms with Gasteiger partial charge in [-0.3, -0.25) is 9.59 Å². The third-order valence-electron chi connectivity index (χ3n) is 5.77. The zero-order valence-corrected chi connectivity index (χ0v) is 18.0. The minimum Gasteiger partial charge on any atom is -0.330 e. The Balaban J connectivity index is 1.25. The SMILES string of the molecule is CC(C(=O)C=Cc1ccc(-n2ccnc2)cc1)C(=O)CCC1=CCC(n2ccnc2)C=C1. The fourth-order valence-electron chi connectivity index (χ4n) is 3.66. The van der Waals surface area contributed by atoms with Crippen LogP contribution in [0.1, 0.15) is 37.8 Å². The zero-order chi connectivity index (χ0) is 22.3. The molecule has 162 valence electrons. The van der Waals surface area contributed by atoms with Crippen molar-refractivity contribution >= 4 is 17.6 Å². The van der Waals surface area contributed by atoms with Crippen molar-refractivity contribution in [1.82, 2.24) is 19.1 Å². The van der Waals surface area contributed by atoms with E-state index < -0.39 is 5.92 Å². The normalized spacial score (nSPS) is 16.8. The molecule has 0 radical (unpaired) electrons. The summed E-state index contributed by atoms with van der Waals surface area (Å²) in [4.78, 5) is 33.1. The molecule has 0 spiro atoms. The summed E-state index contributed by atoms with van der Waals surface area (Å²) in [6, 6.07) is 8.07. The average Bonchev–Trinajstić information content (AvgIpc) is 3.56. The first-order valence-electron chi connectivity index (χ1n) is 10.8. The first-order chi connectivity index (χ1) is 15.6. The number of hydrogen-bond donors (Lipinski definition) is 0. The monoisotopic (exact) mass is 426 g/mol. The van der Waals surface area contributed by atoms with Crippen molar-refractivity contribution in [1.29, 1.82) is 0 Å². The van der Waals surface area contributed by atoms with Crippen LogP contribution in [0.3, 0.4) is 0 Å². The highest BCUT2D eigenvalue weighted by Crippen LogP contribution is 2.24. The zero-order valence-electron chi connectivity index (χ0n) is 18.0. The number of rotatable bonds is 9. The second-order valence-electron chi connectivity index (χ2n) is 7.94. The van der Waals surface area contributed by atoms with Gasteiger partial charge in [0.25, 0.3) is 0 Å². The van der Waals surface area contributed by atoms with E-state index in [0.717, 1.165) is 23.2 Å². The first kappa shape index (κ1) is 21.4. The molecule has 2 unspecified atom stereocenters. The third-order valence-corrected chi connectivity index (χ3v) is 5.77. The Morgan fingerprint density at radius 1 is 1.12 bits per heavy atom. The smallest absolute Gasteiger partial charge is 0.165 e. The molecule has 1 aromatic carbocycles. The maximum Gasteiger partial charge on any atom is 0.165 e. The van der Waals surface area contributed by atoms with E-state index in [1.165, 1.54) is 6.08 Å². The molecule has 0 aliphatic heterocycles. The van der Waals surface area contributed by atoms with Gasteiger partial charge in [0, 0.05) is 36.9 Å². The molecule has 0 fully saturated rings. The lowest BCUT2D eigenvalue weighted by Gasteiger charge is -2.17. The second kappa shape index (κ2) is 10.0. The van der Waals surface area contributed by atoms with Gasteiger partial charge in [0.2, 0.25) is 0 Å². The number of Topliss-reactive ketones (excluding diaryl/α,β-unsaturated/α-hetero) is 1. The van der Waals surface area contributed by atoms with Crippen LogP contribution in [0.2, 0.25) is 0 Å². The minimum atomic E-state index is -0.636. The van der Waals surface area contributed by atoms with Crippen LogP contribution in [-0.2, 0) is 9.59 Å². The van der Waals surface area contributed by atoms with Crippen LogP contribution in [0, 0.1) is 5.92 Å². The number of aromatic nitrogens is 4. The van der Waals surface area contributed by atoms with Gasteiger partial charge in [-0.15, -0.1) is 0 Å². The molecule has 3 aromatic rings. The molecule has 6 nitrogen and oxygen atoms in total. The molecule has 1 aliphatic rings. The molecular weight excluding hydrogens is 400 g/mol. The number of benzene rings is 1. The molecule has 0 amide bonds. The Hall–Kier alpha value is -3.80. The summed E-state index contributed by atoms with van der Waals surface area (Å²) >= 11 is 0. The van der Waals surface area contributed by atoms with Crippen molar-refractivity contribution in [2.75, 3.05) is 0 Å². The van der Waals surface area contributed by atoms with E-state index in [0.29, 0.717) is 12.8 Å². The summed E-state index contributed by atoms with van der Waals surface area (Å²) in [7, 11) is 0. The van der Waals surface area contributed by atoms with Gasteiger partial charge in [0.1, 0.15) is 5.78 Å². The fourth-order valence-corrected chi connectivity index (χ4v) is 3.66. The number of imidazole rings is 2. The van der Waals surface area contributed by atoms with E-state index in [1.807, 2.05) is 47.6 Å². The largest absolute Gasteiger partial charge is 0.330 e. The Kier molecular flexibility index (Phi) is 6.70. The number of hydrogen-bond acceptors (Lipinski definition) is 4. The van der Waals surface area contributed by atoms with Gasteiger partial charge in [-0.05, 0) is 43.5 Å². The molecule has 0 N–H and O–H groups in total. The molecule has 2 atom stereocenters. The summed E-state index contributed by atoms with van der Waals surface area (Å²) in [5.74, 6) is -0.827. The number of carbonyl (C=O) groups is 2. The van der Waals surface area contributed by atoms with Crippen molar-refractivity contribution < 1.29 is 9.59 Å². The van der Waals surface area contributed by atoms with Crippen LogP contribution >= 0.6 is 0 Å². The topological polar surface area (TPSA) is 69.8 Å². The lowest BCUT2D eigenvalue weighted by molar-refractivity contribution is -0.129. The van der Waals surface area contributed by atoms with Crippen molar-refractivity contribution in [2.45, 2.75) is 32.2 Å². The van der Waals surface area contributed by atoms with E-state index in [-0.39, 0.29) is 17.6 Å². The predicted molar refractivity (Wildman–Crippen MR) is 124 cm³/mol. The number of carbonyl (C=O) groups excluding carboxylic acids is 2. The van der Waals surface area contributed by atoms with Gasteiger partial charge in [0.05, 0.1) is 24.6 Å². The van der Waals surface area contributed by atoms with Gasteiger partial charge < -0.3 is 9.13 Å². The predicted octanol–water partition coefficient (Wildman–Crippen LogP) is 4.76. The molecule has 0 bridgehead atoms. The minimum absolute atomic E-state index is 0.0267. The number of ketones is 2. The van der Waals surface area contributed by atoms with Crippen LogP contribution in [0.4, 0.5) is 0 Å². The Morgan fingerprint density at radius 2 is 1.91 bits per heavy atom. The Labute approximate surface area is 187 Å².